The molecule has 1 aliphatic carbocycles. The van der Waals surface area contributed by atoms with Crippen LogP contribution in [0.25, 0.3) is 16.3 Å². The van der Waals surface area contributed by atoms with E-state index in [0.717, 1.165) is 38.1 Å². The lowest BCUT2D eigenvalue weighted by Crippen LogP contribution is -2.33. The molecule has 0 spiro atoms. The van der Waals surface area contributed by atoms with Crippen LogP contribution in [0.5, 0.6) is 0 Å². The second kappa shape index (κ2) is 12.5. The number of benzene rings is 2. The summed E-state index contributed by atoms with van der Waals surface area (Å²) in [5, 5.41) is 2.54. The first kappa shape index (κ1) is 26.3. The number of rotatable bonds is 8. The Kier molecular flexibility index (Phi) is 8.67. The van der Waals surface area contributed by atoms with E-state index in [1.54, 1.807) is 7.11 Å². The van der Waals surface area contributed by atoms with E-state index < -0.39 is 0 Å². The van der Waals surface area contributed by atoms with Crippen molar-refractivity contribution in [2.75, 3.05) is 18.6 Å². The SMILES string of the molecule is CCN1C(=CC=CC=C2CCCC(C=CC=Cc3sc4ccccc4[n+]3CC)=C2OC)Sc2ccccc21. The first-order valence-electron chi connectivity index (χ1n) is 13.4. The number of anilines is 1. The van der Waals surface area contributed by atoms with Crippen LogP contribution < -0.4 is 9.47 Å². The van der Waals surface area contributed by atoms with Crippen molar-refractivity contribution in [2.45, 2.75) is 44.6 Å². The van der Waals surface area contributed by atoms with Gasteiger partial charge in [-0.1, -0.05) is 83.8 Å². The van der Waals surface area contributed by atoms with Crippen LogP contribution in [0.3, 0.4) is 0 Å². The van der Waals surface area contributed by atoms with Crippen molar-refractivity contribution < 1.29 is 9.30 Å². The standard InChI is InChI=1S/C33H35N2OS2/c1-4-34-27-19-8-10-21-29(27)37-31(34)23-12-6-15-25-17-14-18-26(33(25)36-3)16-7-13-24-32-35(5-2)28-20-9-11-22-30(28)38-32/h6-13,15-16,19-24H,4-5,14,17-18H2,1-3H3/q+1. The molecule has 1 aromatic heterocycles. The molecular formula is C33H35N2OS2+. The number of thioether (sulfide) groups is 1. The van der Waals surface area contributed by atoms with E-state index in [-0.39, 0.29) is 0 Å². The molecule has 0 radical (unpaired) electrons. The van der Waals surface area contributed by atoms with Gasteiger partial charge in [-0.15, -0.1) is 0 Å². The molecule has 0 amide bonds. The van der Waals surface area contributed by atoms with Gasteiger partial charge < -0.3 is 9.64 Å². The first-order valence-corrected chi connectivity index (χ1v) is 15.0. The maximum Gasteiger partial charge on any atom is 0.262 e. The largest absolute Gasteiger partial charge is 0.496 e. The van der Waals surface area contributed by atoms with Crippen LogP contribution in [-0.4, -0.2) is 13.7 Å². The predicted molar refractivity (Wildman–Crippen MR) is 164 cm³/mol. The number of methoxy groups -OCH3 is 1. The fourth-order valence-corrected chi connectivity index (χ4v) is 7.39. The van der Waals surface area contributed by atoms with Gasteiger partial charge in [0.1, 0.15) is 17.0 Å². The van der Waals surface area contributed by atoms with Crippen molar-refractivity contribution in [3.63, 3.8) is 0 Å². The minimum absolute atomic E-state index is 0.965. The first-order chi connectivity index (χ1) is 18.7. The van der Waals surface area contributed by atoms with Crippen LogP contribution in [0.1, 0.15) is 38.1 Å². The van der Waals surface area contributed by atoms with E-state index in [0.29, 0.717) is 0 Å². The highest BCUT2D eigenvalue weighted by Crippen LogP contribution is 2.45. The maximum absolute atomic E-state index is 5.89. The van der Waals surface area contributed by atoms with Gasteiger partial charge in [-0.3, -0.25) is 0 Å². The minimum Gasteiger partial charge on any atom is -0.496 e. The second-order valence-corrected chi connectivity index (χ2v) is 11.3. The molecule has 5 rings (SSSR count). The molecule has 2 heterocycles. The monoisotopic (exact) mass is 539 g/mol. The molecule has 0 unspecified atom stereocenters. The molecule has 1 aliphatic heterocycles. The lowest BCUT2D eigenvalue weighted by Gasteiger charge is -2.20. The van der Waals surface area contributed by atoms with Crippen LogP contribution >= 0.6 is 23.1 Å². The molecule has 0 saturated carbocycles. The summed E-state index contributed by atoms with van der Waals surface area (Å²) >= 11 is 3.68. The number of thiazole rings is 1. The number of fused-ring (bicyclic) bond motifs is 2. The van der Waals surface area contributed by atoms with Gasteiger partial charge in [0.2, 0.25) is 5.52 Å². The van der Waals surface area contributed by atoms with Crippen molar-refractivity contribution in [2.24, 2.45) is 0 Å². The molecule has 2 aromatic carbocycles. The van der Waals surface area contributed by atoms with Gasteiger partial charge in [0.25, 0.3) is 5.01 Å². The molecule has 0 fully saturated rings. The Hall–Kier alpha value is -3.28. The van der Waals surface area contributed by atoms with E-state index >= 15 is 0 Å². The molecule has 0 atom stereocenters. The highest BCUT2D eigenvalue weighted by Gasteiger charge is 2.22. The molecule has 3 nitrogen and oxygen atoms in total. The summed E-state index contributed by atoms with van der Waals surface area (Å²) < 4.78 is 9.58. The molecular weight excluding hydrogens is 505 g/mol. The van der Waals surface area contributed by atoms with Crippen LogP contribution in [0.4, 0.5) is 5.69 Å². The van der Waals surface area contributed by atoms with Crippen molar-refractivity contribution in [1.29, 1.82) is 0 Å². The lowest BCUT2D eigenvalue weighted by molar-refractivity contribution is -0.665. The van der Waals surface area contributed by atoms with Gasteiger partial charge in [0, 0.05) is 23.6 Å². The zero-order valence-electron chi connectivity index (χ0n) is 22.4. The Labute approximate surface area is 234 Å². The second-order valence-electron chi connectivity index (χ2n) is 9.18. The summed E-state index contributed by atoms with van der Waals surface area (Å²) in [6.45, 7) is 6.34. The number of ether oxygens (including phenoxy) is 1. The van der Waals surface area contributed by atoms with Crippen LogP contribution in [0.15, 0.2) is 118 Å². The van der Waals surface area contributed by atoms with Crippen LogP contribution in [0.2, 0.25) is 0 Å². The third-order valence-electron chi connectivity index (χ3n) is 6.88. The number of nitrogens with zero attached hydrogens (tertiary/aromatic N) is 2. The molecule has 0 saturated heterocycles. The van der Waals surface area contributed by atoms with Gasteiger partial charge in [0.05, 0.1) is 17.8 Å². The Morgan fingerprint density at radius 2 is 1.71 bits per heavy atom. The molecule has 194 valence electrons. The van der Waals surface area contributed by atoms with Gasteiger partial charge in [-0.25, -0.2) is 0 Å². The average molecular weight is 540 g/mol. The minimum atomic E-state index is 0.965. The lowest BCUT2D eigenvalue weighted by atomic mass is 9.92. The third kappa shape index (κ3) is 5.59. The van der Waals surface area contributed by atoms with E-state index in [2.05, 4.69) is 120 Å². The molecule has 2 aliphatic rings. The quantitative estimate of drug-likeness (QED) is 0.210. The summed E-state index contributed by atoms with van der Waals surface area (Å²) in [6, 6.07) is 17.2. The molecule has 38 heavy (non-hydrogen) atoms. The Morgan fingerprint density at radius 3 is 2.55 bits per heavy atom. The maximum atomic E-state index is 5.89. The molecule has 0 N–H and O–H groups in total. The Balaban J connectivity index is 1.30. The number of hydrogen-bond donors (Lipinski definition) is 0. The average Bonchev–Trinajstić information content (AvgIpc) is 3.50. The number of aromatic nitrogens is 1. The Morgan fingerprint density at radius 1 is 0.921 bits per heavy atom. The third-order valence-corrected chi connectivity index (χ3v) is 9.14. The zero-order valence-corrected chi connectivity index (χ0v) is 24.0. The summed E-state index contributed by atoms with van der Waals surface area (Å²) in [5.41, 5.74) is 5.13. The van der Waals surface area contributed by atoms with E-state index in [9.17, 15) is 0 Å². The number of allylic oxidation sites excluding steroid dienone is 9. The van der Waals surface area contributed by atoms with E-state index in [1.165, 1.54) is 42.0 Å². The van der Waals surface area contributed by atoms with Crippen LogP contribution in [0, 0.1) is 0 Å². The van der Waals surface area contributed by atoms with Crippen LogP contribution in [-0.2, 0) is 11.3 Å². The zero-order chi connectivity index (χ0) is 26.3. The topological polar surface area (TPSA) is 16.4 Å². The number of hydrogen-bond acceptors (Lipinski definition) is 4. The van der Waals surface area contributed by atoms with Gasteiger partial charge in [-0.2, -0.15) is 4.57 Å². The number of aryl methyl sites for hydroxylation is 1. The van der Waals surface area contributed by atoms with Gasteiger partial charge in [-0.05, 0) is 68.5 Å². The molecule has 5 heteroatoms. The van der Waals surface area contributed by atoms with Crippen molar-refractivity contribution >= 4 is 45.1 Å². The molecule has 3 aromatic rings. The van der Waals surface area contributed by atoms with Crippen molar-refractivity contribution in [3.05, 3.63) is 118 Å². The van der Waals surface area contributed by atoms with Crippen molar-refractivity contribution in [3.8, 4) is 0 Å². The number of para-hydroxylation sites is 2. The smallest absolute Gasteiger partial charge is 0.262 e. The predicted octanol–water partition coefficient (Wildman–Crippen LogP) is 8.82. The van der Waals surface area contributed by atoms with Gasteiger partial charge in [0.15, 0.2) is 0 Å². The fraction of sp³-hybridized carbons (Fsp3) is 0.242. The summed E-state index contributed by atoms with van der Waals surface area (Å²) in [4.78, 5) is 3.70. The summed E-state index contributed by atoms with van der Waals surface area (Å²) in [6.07, 6.45) is 20.7. The summed E-state index contributed by atoms with van der Waals surface area (Å²) in [7, 11) is 1.79. The van der Waals surface area contributed by atoms with Gasteiger partial charge >= 0.3 is 0 Å². The van der Waals surface area contributed by atoms with Crippen molar-refractivity contribution in [1.82, 2.24) is 0 Å². The Bertz CT molecular complexity index is 1490. The normalized spacial score (nSPS) is 18.3. The highest BCUT2D eigenvalue weighted by molar-refractivity contribution is 8.03. The highest BCUT2D eigenvalue weighted by atomic mass is 32.2. The summed E-state index contributed by atoms with van der Waals surface area (Å²) in [5.74, 6) is 1.02. The molecule has 0 bridgehead atoms. The van der Waals surface area contributed by atoms with E-state index in [1.807, 2.05) is 23.1 Å². The van der Waals surface area contributed by atoms with E-state index in [4.69, 9.17) is 4.74 Å². The fourth-order valence-electron chi connectivity index (χ4n) is 5.11.